The van der Waals surface area contributed by atoms with E-state index in [1.165, 1.54) is 23.1 Å². The quantitative estimate of drug-likeness (QED) is 0.403. The number of phenols is 1. The third kappa shape index (κ3) is 4.45. The van der Waals surface area contributed by atoms with Crippen LogP contribution < -0.4 is 5.32 Å². The molecule has 0 fully saturated rings. The Morgan fingerprint density at radius 2 is 2.07 bits per heavy atom. The zero-order chi connectivity index (χ0) is 20.9. The smallest absolute Gasteiger partial charge is 0.236 e. The van der Waals surface area contributed by atoms with Gasteiger partial charge in [0.15, 0.2) is 16.1 Å². The fraction of sp³-hybridized carbons (Fsp3) is 0.200. The molecule has 154 valence electrons. The largest absolute Gasteiger partial charge is 0.507 e. The number of phenolic OH excluding ortho intramolecular Hbond substituents is 1. The molecule has 0 aliphatic rings. The SMILES string of the molecule is COCCn1c(SCC(=O)Nc2nccs2)nnc1-c1cc2ccccc2cc1O. The molecule has 4 aromatic rings. The number of ether oxygens (including phenoxy) is 1. The predicted octanol–water partition coefficient (Wildman–Crippen LogP) is 3.64. The highest BCUT2D eigenvalue weighted by Gasteiger charge is 2.19. The van der Waals surface area contributed by atoms with E-state index in [0.29, 0.717) is 34.8 Å². The number of nitrogens with one attached hydrogen (secondary N) is 1. The van der Waals surface area contributed by atoms with Crippen LogP contribution in [0.5, 0.6) is 5.75 Å². The minimum absolute atomic E-state index is 0.123. The summed E-state index contributed by atoms with van der Waals surface area (Å²) < 4.78 is 7.08. The molecule has 8 nitrogen and oxygen atoms in total. The van der Waals surface area contributed by atoms with Crippen molar-refractivity contribution in [3.8, 4) is 17.1 Å². The predicted molar refractivity (Wildman–Crippen MR) is 118 cm³/mol. The molecule has 0 spiro atoms. The minimum Gasteiger partial charge on any atom is -0.507 e. The second-order valence-corrected chi connectivity index (χ2v) is 8.18. The van der Waals surface area contributed by atoms with Crippen LogP contribution in [0.2, 0.25) is 0 Å². The van der Waals surface area contributed by atoms with Gasteiger partial charge in [-0.3, -0.25) is 9.36 Å². The second-order valence-electron chi connectivity index (χ2n) is 6.34. The van der Waals surface area contributed by atoms with Crippen molar-refractivity contribution in [3.63, 3.8) is 0 Å². The van der Waals surface area contributed by atoms with Gasteiger partial charge in [-0.25, -0.2) is 4.98 Å². The molecule has 0 bridgehead atoms. The molecule has 1 amide bonds. The van der Waals surface area contributed by atoms with Gasteiger partial charge in [-0.15, -0.1) is 21.5 Å². The van der Waals surface area contributed by atoms with E-state index >= 15 is 0 Å². The topological polar surface area (TPSA) is 102 Å². The van der Waals surface area contributed by atoms with Crippen LogP contribution in [0, 0.1) is 0 Å². The summed E-state index contributed by atoms with van der Waals surface area (Å²) in [6, 6.07) is 11.4. The second kappa shape index (κ2) is 9.24. The summed E-state index contributed by atoms with van der Waals surface area (Å²) in [4.78, 5) is 16.2. The molecule has 2 N–H and O–H groups in total. The summed E-state index contributed by atoms with van der Waals surface area (Å²) in [7, 11) is 1.62. The monoisotopic (exact) mass is 441 g/mol. The molecule has 10 heteroatoms. The van der Waals surface area contributed by atoms with Crippen LogP contribution in [0.1, 0.15) is 0 Å². The highest BCUT2D eigenvalue weighted by atomic mass is 32.2. The first-order valence-electron chi connectivity index (χ1n) is 9.12. The van der Waals surface area contributed by atoms with Gasteiger partial charge in [-0.05, 0) is 22.9 Å². The van der Waals surface area contributed by atoms with Gasteiger partial charge in [0.1, 0.15) is 5.75 Å². The normalized spacial score (nSPS) is 11.1. The van der Waals surface area contributed by atoms with Crippen molar-refractivity contribution in [3.05, 3.63) is 48.0 Å². The van der Waals surface area contributed by atoms with E-state index in [2.05, 4.69) is 20.5 Å². The number of benzene rings is 2. The van der Waals surface area contributed by atoms with E-state index < -0.39 is 0 Å². The number of amides is 1. The lowest BCUT2D eigenvalue weighted by atomic mass is 10.1. The van der Waals surface area contributed by atoms with Crippen molar-refractivity contribution in [2.24, 2.45) is 0 Å². The number of anilines is 1. The molecule has 0 aliphatic heterocycles. The number of nitrogens with zero attached hydrogens (tertiary/aromatic N) is 4. The first-order chi connectivity index (χ1) is 14.7. The van der Waals surface area contributed by atoms with Crippen LogP contribution in [0.15, 0.2) is 53.1 Å². The standard InChI is InChI=1S/C20H19N5O3S2/c1-28-8-7-25-18(15-10-13-4-2-3-5-14(13)11-16(15)26)23-24-20(25)30-12-17(27)22-19-21-6-9-29-19/h2-6,9-11,26H,7-8,12H2,1H3,(H,21,22,27). The zero-order valence-electron chi connectivity index (χ0n) is 16.1. The maximum Gasteiger partial charge on any atom is 0.236 e. The van der Waals surface area contributed by atoms with E-state index in [4.69, 9.17) is 4.74 Å². The first kappa shape index (κ1) is 20.3. The lowest BCUT2D eigenvalue weighted by Gasteiger charge is -2.11. The molecule has 0 saturated heterocycles. The number of thioether (sulfide) groups is 1. The Kier molecular flexibility index (Phi) is 6.26. The fourth-order valence-corrected chi connectivity index (χ4v) is 4.27. The van der Waals surface area contributed by atoms with Gasteiger partial charge in [0.05, 0.1) is 24.5 Å². The Balaban J connectivity index is 1.60. The molecule has 2 aromatic carbocycles. The number of carbonyl (C=O) groups is 1. The van der Waals surface area contributed by atoms with Crippen LogP contribution in [0.25, 0.3) is 22.2 Å². The first-order valence-corrected chi connectivity index (χ1v) is 11.0. The summed E-state index contributed by atoms with van der Waals surface area (Å²) in [6.07, 6.45) is 1.64. The summed E-state index contributed by atoms with van der Waals surface area (Å²) in [5.74, 6) is 0.635. The van der Waals surface area contributed by atoms with Crippen molar-refractivity contribution in [2.45, 2.75) is 11.7 Å². The van der Waals surface area contributed by atoms with E-state index in [-0.39, 0.29) is 17.4 Å². The summed E-state index contributed by atoms with van der Waals surface area (Å²) in [6.45, 7) is 0.930. The minimum atomic E-state index is -0.175. The van der Waals surface area contributed by atoms with Gasteiger partial charge < -0.3 is 15.2 Å². The molecular formula is C20H19N5O3S2. The molecule has 0 aliphatic carbocycles. The van der Waals surface area contributed by atoms with Gasteiger partial charge in [0.25, 0.3) is 0 Å². The Labute approximate surface area is 180 Å². The Morgan fingerprint density at radius 1 is 1.27 bits per heavy atom. The summed E-state index contributed by atoms with van der Waals surface area (Å²) in [5.41, 5.74) is 0.580. The number of thiazole rings is 1. The molecule has 0 radical (unpaired) electrons. The highest BCUT2D eigenvalue weighted by molar-refractivity contribution is 7.99. The number of carbonyl (C=O) groups excluding carboxylic acids is 1. The van der Waals surface area contributed by atoms with Gasteiger partial charge >= 0.3 is 0 Å². The average molecular weight is 442 g/mol. The Bertz CT molecular complexity index is 1160. The van der Waals surface area contributed by atoms with Crippen molar-refractivity contribution in [1.82, 2.24) is 19.7 Å². The Morgan fingerprint density at radius 3 is 2.80 bits per heavy atom. The Hall–Kier alpha value is -2.95. The van der Waals surface area contributed by atoms with E-state index in [1.54, 1.807) is 24.8 Å². The van der Waals surface area contributed by atoms with Crippen LogP contribution in [-0.4, -0.2) is 50.2 Å². The number of rotatable bonds is 8. The van der Waals surface area contributed by atoms with Crippen LogP contribution in [-0.2, 0) is 16.1 Å². The maximum atomic E-state index is 12.2. The number of hydrogen-bond acceptors (Lipinski definition) is 8. The number of methoxy groups -OCH3 is 1. The molecule has 0 unspecified atom stereocenters. The van der Waals surface area contributed by atoms with Crippen molar-refractivity contribution < 1.29 is 14.6 Å². The van der Waals surface area contributed by atoms with Crippen molar-refractivity contribution >= 4 is 44.9 Å². The third-order valence-corrected chi connectivity index (χ3v) is 6.01. The van der Waals surface area contributed by atoms with E-state index in [9.17, 15) is 9.90 Å². The molecule has 2 heterocycles. The van der Waals surface area contributed by atoms with Crippen LogP contribution in [0.3, 0.4) is 0 Å². The highest BCUT2D eigenvalue weighted by Crippen LogP contribution is 2.34. The summed E-state index contributed by atoms with van der Waals surface area (Å²) in [5, 5.41) is 26.7. The maximum absolute atomic E-state index is 12.2. The van der Waals surface area contributed by atoms with Crippen LogP contribution in [0.4, 0.5) is 5.13 Å². The average Bonchev–Trinajstić information content (AvgIpc) is 3.40. The van der Waals surface area contributed by atoms with Gasteiger partial charge in [0.2, 0.25) is 5.91 Å². The van der Waals surface area contributed by atoms with Crippen molar-refractivity contribution in [1.29, 1.82) is 0 Å². The number of aromatic hydroxyl groups is 1. The molecule has 30 heavy (non-hydrogen) atoms. The molecular weight excluding hydrogens is 422 g/mol. The number of hydrogen-bond donors (Lipinski definition) is 2. The molecule has 2 aromatic heterocycles. The number of aromatic nitrogens is 4. The summed E-state index contributed by atoms with van der Waals surface area (Å²) >= 11 is 2.63. The molecule has 0 atom stereocenters. The van der Waals surface area contributed by atoms with Gasteiger partial charge in [-0.2, -0.15) is 0 Å². The third-order valence-electron chi connectivity index (χ3n) is 4.35. The number of fused-ring (bicyclic) bond motifs is 1. The van der Waals surface area contributed by atoms with Gasteiger partial charge in [0, 0.05) is 18.7 Å². The fourth-order valence-electron chi connectivity index (χ4n) is 2.96. The van der Waals surface area contributed by atoms with Gasteiger partial charge in [-0.1, -0.05) is 36.0 Å². The molecule has 4 rings (SSSR count). The lowest BCUT2D eigenvalue weighted by molar-refractivity contribution is -0.113. The molecule has 0 saturated carbocycles. The van der Waals surface area contributed by atoms with E-state index in [0.717, 1.165) is 10.8 Å². The van der Waals surface area contributed by atoms with E-state index in [1.807, 2.05) is 34.9 Å². The van der Waals surface area contributed by atoms with Crippen molar-refractivity contribution in [2.75, 3.05) is 24.8 Å². The van der Waals surface area contributed by atoms with Crippen LogP contribution >= 0.6 is 23.1 Å². The lowest BCUT2D eigenvalue weighted by Crippen LogP contribution is -2.15. The zero-order valence-corrected chi connectivity index (χ0v) is 17.7.